The summed E-state index contributed by atoms with van der Waals surface area (Å²) in [5.74, 6) is 0.547. The fourth-order valence-corrected chi connectivity index (χ4v) is 3.65. The number of carboxylic acid groups (broad SMARTS) is 1. The number of aryl methyl sites for hydroxylation is 2. The van der Waals surface area contributed by atoms with Crippen LogP contribution in [0.1, 0.15) is 82.4 Å². The molecule has 3 nitrogen and oxygen atoms in total. The lowest BCUT2D eigenvalue weighted by Gasteiger charge is -2.27. The van der Waals surface area contributed by atoms with Crippen LogP contribution in [-0.4, -0.2) is 11.3 Å². The second kappa shape index (κ2) is 7.85. The average molecular weight is 318 g/mol. The van der Waals surface area contributed by atoms with Gasteiger partial charge in [-0.2, -0.15) is 0 Å². The van der Waals surface area contributed by atoms with Crippen LogP contribution in [-0.2, 0) is 18.3 Å². The summed E-state index contributed by atoms with van der Waals surface area (Å²) in [4.78, 5) is 11.0. The Morgan fingerprint density at radius 1 is 1.22 bits per heavy atom. The van der Waals surface area contributed by atoms with Crippen LogP contribution in [0.3, 0.4) is 0 Å². The monoisotopic (exact) mass is 318 g/mol. The van der Waals surface area contributed by atoms with Gasteiger partial charge in [0, 0.05) is 0 Å². The number of ether oxygens (including phenoxy) is 1. The number of benzene rings is 1. The molecule has 0 radical (unpaired) electrons. The van der Waals surface area contributed by atoms with Crippen LogP contribution in [0.25, 0.3) is 0 Å². The first-order valence-electron chi connectivity index (χ1n) is 9.01. The molecule has 0 fully saturated rings. The highest BCUT2D eigenvalue weighted by atomic mass is 16.7. The number of carbonyl (C=O) groups is 1. The van der Waals surface area contributed by atoms with Crippen molar-refractivity contribution in [2.75, 3.05) is 0 Å². The Morgan fingerprint density at radius 2 is 2.00 bits per heavy atom. The van der Waals surface area contributed by atoms with Crippen molar-refractivity contribution in [3.63, 3.8) is 0 Å². The lowest BCUT2D eigenvalue weighted by Crippen LogP contribution is -2.18. The third kappa shape index (κ3) is 4.73. The Hall–Kier alpha value is -1.51. The number of fused-ring (bicyclic) bond motifs is 1. The van der Waals surface area contributed by atoms with Crippen LogP contribution in [0.15, 0.2) is 12.1 Å². The van der Waals surface area contributed by atoms with Crippen LogP contribution in [0.4, 0.5) is 4.79 Å². The number of unbranched alkanes of at least 4 members (excludes halogenated alkanes) is 3. The standard InChI is InChI=1S/C20H30O3/c1-4-5-6-7-11-16-13-17-15(14-18(16)23-19(21)22)10-8-9-12-20(17,2)3/h13-14H,4-12H2,1-3H3,(H,21,22). The van der Waals surface area contributed by atoms with E-state index in [2.05, 4.69) is 26.8 Å². The Labute approximate surface area is 140 Å². The Kier molecular flexibility index (Phi) is 6.09. The number of rotatable bonds is 6. The van der Waals surface area contributed by atoms with Gasteiger partial charge < -0.3 is 9.84 Å². The first kappa shape index (κ1) is 17.8. The van der Waals surface area contributed by atoms with Crippen molar-refractivity contribution in [1.29, 1.82) is 0 Å². The maximum atomic E-state index is 11.0. The molecule has 1 aliphatic rings. The quantitative estimate of drug-likeness (QED) is 0.309. The van der Waals surface area contributed by atoms with E-state index in [9.17, 15) is 4.79 Å². The van der Waals surface area contributed by atoms with E-state index in [0.29, 0.717) is 5.75 Å². The summed E-state index contributed by atoms with van der Waals surface area (Å²) >= 11 is 0. The molecule has 0 aromatic heterocycles. The van der Waals surface area contributed by atoms with E-state index in [1.807, 2.05) is 6.07 Å². The van der Waals surface area contributed by atoms with Crippen molar-refractivity contribution in [3.8, 4) is 5.75 Å². The summed E-state index contributed by atoms with van der Waals surface area (Å²) in [6.45, 7) is 6.80. The van der Waals surface area contributed by atoms with Crippen LogP contribution >= 0.6 is 0 Å². The zero-order chi connectivity index (χ0) is 16.9. The fraction of sp³-hybridized carbons (Fsp3) is 0.650. The second-order valence-electron chi connectivity index (χ2n) is 7.39. The predicted molar refractivity (Wildman–Crippen MR) is 93.5 cm³/mol. The Bertz CT molecular complexity index is 546. The third-order valence-corrected chi connectivity index (χ3v) is 5.01. The van der Waals surface area contributed by atoms with Gasteiger partial charge in [-0.1, -0.05) is 52.5 Å². The van der Waals surface area contributed by atoms with Gasteiger partial charge in [0.15, 0.2) is 0 Å². The zero-order valence-electron chi connectivity index (χ0n) is 14.8. The number of hydrogen-bond donors (Lipinski definition) is 1. The normalized spacial score (nSPS) is 16.5. The van der Waals surface area contributed by atoms with E-state index < -0.39 is 6.16 Å². The van der Waals surface area contributed by atoms with Gasteiger partial charge in [0.25, 0.3) is 0 Å². The topological polar surface area (TPSA) is 46.5 Å². The highest BCUT2D eigenvalue weighted by Crippen LogP contribution is 2.39. The van der Waals surface area contributed by atoms with E-state index in [4.69, 9.17) is 9.84 Å². The molecule has 2 rings (SSSR count). The van der Waals surface area contributed by atoms with Crippen LogP contribution in [0.2, 0.25) is 0 Å². The lowest BCUT2D eigenvalue weighted by molar-refractivity contribution is 0.144. The Balaban J connectivity index is 2.33. The minimum absolute atomic E-state index is 0.158. The molecule has 128 valence electrons. The van der Waals surface area contributed by atoms with Gasteiger partial charge in [0.05, 0.1) is 0 Å². The van der Waals surface area contributed by atoms with Crippen molar-refractivity contribution in [2.45, 2.75) is 84.0 Å². The molecule has 0 atom stereocenters. The molecule has 0 unspecified atom stereocenters. The van der Waals surface area contributed by atoms with Crippen molar-refractivity contribution < 1.29 is 14.6 Å². The smallest absolute Gasteiger partial charge is 0.449 e. The molecule has 0 aliphatic heterocycles. The number of hydrogen-bond acceptors (Lipinski definition) is 2. The van der Waals surface area contributed by atoms with Crippen molar-refractivity contribution in [1.82, 2.24) is 0 Å². The minimum atomic E-state index is -1.22. The molecule has 1 aromatic carbocycles. The van der Waals surface area contributed by atoms with Gasteiger partial charge >= 0.3 is 6.16 Å². The fourth-order valence-electron chi connectivity index (χ4n) is 3.65. The van der Waals surface area contributed by atoms with Crippen LogP contribution in [0, 0.1) is 0 Å². The molecular formula is C20H30O3. The second-order valence-corrected chi connectivity index (χ2v) is 7.39. The van der Waals surface area contributed by atoms with Crippen molar-refractivity contribution >= 4 is 6.16 Å². The summed E-state index contributed by atoms with van der Waals surface area (Å²) in [5.41, 5.74) is 3.86. The van der Waals surface area contributed by atoms with E-state index in [1.165, 1.54) is 49.7 Å². The van der Waals surface area contributed by atoms with Gasteiger partial charge in [0.1, 0.15) is 5.75 Å². The van der Waals surface area contributed by atoms with Gasteiger partial charge in [-0.15, -0.1) is 0 Å². The van der Waals surface area contributed by atoms with E-state index in [0.717, 1.165) is 24.8 Å². The molecule has 0 amide bonds. The molecule has 0 spiro atoms. The van der Waals surface area contributed by atoms with Crippen molar-refractivity contribution in [3.05, 3.63) is 28.8 Å². The SMILES string of the molecule is CCCCCCc1cc2c(cc1OC(=O)O)CCCCC2(C)C. The lowest BCUT2D eigenvalue weighted by atomic mass is 9.78. The molecule has 0 saturated carbocycles. The van der Waals surface area contributed by atoms with Gasteiger partial charge in [-0.3, -0.25) is 0 Å². The van der Waals surface area contributed by atoms with E-state index >= 15 is 0 Å². The summed E-state index contributed by atoms with van der Waals surface area (Å²) in [7, 11) is 0. The van der Waals surface area contributed by atoms with Gasteiger partial charge in [0.2, 0.25) is 0 Å². The minimum Gasteiger partial charge on any atom is -0.449 e. The van der Waals surface area contributed by atoms with E-state index in [-0.39, 0.29) is 5.41 Å². The maximum absolute atomic E-state index is 11.0. The third-order valence-electron chi connectivity index (χ3n) is 5.01. The summed E-state index contributed by atoms with van der Waals surface area (Å²) in [6.07, 6.45) is 8.98. The zero-order valence-corrected chi connectivity index (χ0v) is 14.8. The largest absolute Gasteiger partial charge is 0.511 e. The molecule has 3 heteroatoms. The average Bonchev–Trinajstić information content (AvgIpc) is 2.62. The van der Waals surface area contributed by atoms with Crippen LogP contribution in [0.5, 0.6) is 5.75 Å². The first-order valence-corrected chi connectivity index (χ1v) is 9.01. The molecule has 0 heterocycles. The Morgan fingerprint density at radius 3 is 2.70 bits per heavy atom. The summed E-state index contributed by atoms with van der Waals surface area (Å²) in [6, 6.07) is 4.22. The van der Waals surface area contributed by atoms with Gasteiger partial charge in [-0.25, -0.2) is 4.79 Å². The van der Waals surface area contributed by atoms with Gasteiger partial charge in [-0.05, 0) is 60.3 Å². The highest BCUT2D eigenvalue weighted by Gasteiger charge is 2.27. The summed E-state index contributed by atoms with van der Waals surface area (Å²) in [5, 5.41) is 9.04. The highest BCUT2D eigenvalue weighted by molar-refractivity contribution is 5.63. The molecule has 1 aliphatic carbocycles. The first-order chi connectivity index (χ1) is 10.9. The van der Waals surface area contributed by atoms with E-state index in [1.54, 1.807) is 0 Å². The molecule has 23 heavy (non-hydrogen) atoms. The predicted octanol–water partition coefficient (Wildman–Crippen LogP) is 5.87. The van der Waals surface area contributed by atoms with Crippen molar-refractivity contribution in [2.24, 2.45) is 0 Å². The molecular weight excluding hydrogens is 288 g/mol. The summed E-state index contributed by atoms with van der Waals surface area (Å²) < 4.78 is 5.09. The van der Waals surface area contributed by atoms with Crippen LogP contribution < -0.4 is 4.74 Å². The molecule has 0 bridgehead atoms. The molecule has 0 saturated heterocycles. The maximum Gasteiger partial charge on any atom is 0.511 e. The molecule has 1 aromatic rings. The molecule has 1 N–H and O–H groups in total.